The van der Waals surface area contributed by atoms with Crippen molar-refractivity contribution in [3.63, 3.8) is 0 Å². The fraction of sp³-hybridized carbons (Fsp3) is 0.889. The third-order valence-electron chi connectivity index (χ3n) is 1.91. The summed E-state index contributed by atoms with van der Waals surface area (Å²) in [4.78, 5) is 10.9. The summed E-state index contributed by atoms with van der Waals surface area (Å²) in [7, 11) is 1.37. The molecule has 4 nitrogen and oxygen atoms in total. The second-order valence-corrected chi connectivity index (χ2v) is 3.14. The van der Waals surface area contributed by atoms with E-state index in [0.717, 1.165) is 6.42 Å². The predicted octanol–water partition coefficient (Wildman–Crippen LogP) is 0.156. The zero-order valence-corrected chi connectivity index (χ0v) is 8.54. The minimum atomic E-state index is -0.329. The van der Waals surface area contributed by atoms with E-state index >= 15 is 0 Å². The number of ether oxygens (including phenoxy) is 1. The molecule has 0 bridgehead atoms. The van der Waals surface area contributed by atoms with Gasteiger partial charge in [-0.15, -0.1) is 0 Å². The van der Waals surface area contributed by atoms with Crippen molar-refractivity contribution >= 4 is 5.97 Å². The van der Waals surface area contributed by atoms with Crippen molar-refractivity contribution in [2.24, 2.45) is 5.92 Å². The first kappa shape index (κ1) is 12.4. The van der Waals surface area contributed by atoms with Crippen LogP contribution in [0.4, 0.5) is 0 Å². The topological polar surface area (TPSA) is 58.6 Å². The van der Waals surface area contributed by atoms with Gasteiger partial charge in [0.15, 0.2) is 0 Å². The van der Waals surface area contributed by atoms with E-state index in [2.05, 4.69) is 10.1 Å². The Hall–Kier alpha value is -0.610. The van der Waals surface area contributed by atoms with Crippen molar-refractivity contribution in [1.82, 2.24) is 5.32 Å². The molecule has 0 spiro atoms. The monoisotopic (exact) mass is 189 g/mol. The van der Waals surface area contributed by atoms with Crippen LogP contribution in [-0.2, 0) is 9.53 Å². The van der Waals surface area contributed by atoms with Gasteiger partial charge in [0.2, 0.25) is 0 Å². The molecule has 2 atom stereocenters. The Bertz CT molecular complexity index is 150. The lowest BCUT2D eigenvalue weighted by Gasteiger charge is -2.12. The third-order valence-corrected chi connectivity index (χ3v) is 1.91. The predicted molar refractivity (Wildman–Crippen MR) is 50.3 cm³/mol. The van der Waals surface area contributed by atoms with Crippen LogP contribution < -0.4 is 5.32 Å². The Labute approximate surface area is 79.3 Å². The van der Waals surface area contributed by atoms with Crippen LogP contribution in [0.15, 0.2) is 0 Å². The number of nitrogens with one attached hydrogen (secondary N) is 1. The quantitative estimate of drug-likeness (QED) is 0.584. The summed E-state index contributed by atoms with van der Waals surface area (Å²) in [5, 5.41) is 12.2. The van der Waals surface area contributed by atoms with E-state index in [-0.39, 0.29) is 18.0 Å². The molecule has 2 N–H and O–H groups in total. The number of carbonyl (C=O) groups excluding carboxylic acids is 1. The van der Waals surface area contributed by atoms with Gasteiger partial charge < -0.3 is 15.2 Å². The van der Waals surface area contributed by atoms with E-state index in [0.29, 0.717) is 13.1 Å². The molecular weight excluding hydrogens is 170 g/mol. The van der Waals surface area contributed by atoms with Crippen LogP contribution in [-0.4, -0.2) is 37.4 Å². The molecule has 4 heteroatoms. The van der Waals surface area contributed by atoms with Gasteiger partial charge in [-0.05, 0) is 6.42 Å². The van der Waals surface area contributed by atoms with Gasteiger partial charge in [-0.3, -0.25) is 4.79 Å². The standard InChI is InChI=1S/C9H19NO3/c1-4-8(11)6-10-5-7(2)9(12)13-3/h7-8,10-11H,4-6H2,1-3H3. The number of hydrogen-bond acceptors (Lipinski definition) is 4. The number of carbonyl (C=O) groups is 1. The Morgan fingerprint density at radius 3 is 2.62 bits per heavy atom. The van der Waals surface area contributed by atoms with Gasteiger partial charge in [-0.1, -0.05) is 13.8 Å². The largest absolute Gasteiger partial charge is 0.469 e. The summed E-state index contributed by atoms with van der Waals surface area (Å²) in [6.07, 6.45) is 0.393. The minimum absolute atomic E-state index is 0.158. The molecule has 0 aromatic carbocycles. The molecule has 13 heavy (non-hydrogen) atoms. The molecule has 0 aromatic heterocycles. The van der Waals surface area contributed by atoms with E-state index in [4.69, 9.17) is 0 Å². The van der Waals surface area contributed by atoms with Crippen LogP contribution in [0.25, 0.3) is 0 Å². The molecule has 0 rings (SSSR count). The first-order valence-electron chi connectivity index (χ1n) is 4.58. The Balaban J connectivity index is 3.47. The highest BCUT2D eigenvalue weighted by molar-refractivity contribution is 5.71. The van der Waals surface area contributed by atoms with Crippen molar-refractivity contribution in [1.29, 1.82) is 0 Å². The van der Waals surface area contributed by atoms with Crippen LogP contribution in [0, 0.1) is 5.92 Å². The highest BCUT2D eigenvalue weighted by atomic mass is 16.5. The van der Waals surface area contributed by atoms with Gasteiger partial charge in [0.1, 0.15) is 0 Å². The van der Waals surface area contributed by atoms with Crippen molar-refractivity contribution in [2.75, 3.05) is 20.2 Å². The molecule has 0 saturated heterocycles. The Morgan fingerprint density at radius 1 is 1.54 bits per heavy atom. The van der Waals surface area contributed by atoms with Crippen LogP contribution in [0.3, 0.4) is 0 Å². The van der Waals surface area contributed by atoms with E-state index in [1.807, 2.05) is 6.92 Å². The SMILES string of the molecule is CCC(O)CNCC(C)C(=O)OC. The molecular formula is C9H19NO3. The fourth-order valence-electron chi connectivity index (χ4n) is 0.895. The molecule has 2 unspecified atom stereocenters. The molecule has 78 valence electrons. The van der Waals surface area contributed by atoms with Gasteiger partial charge in [0.05, 0.1) is 19.1 Å². The Kier molecular flexibility index (Phi) is 6.54. The number of hydrogen-bond donors (Lipinski definition) is 2. The summed E-state index contributed by atoms with van der Waals surface area (Å²) in [5.74, 6) is -0.382. The molecule has 0 aliphatic heterocycles. The zero-order valence-electron chi connectivity index (χ0n) is 8.54. The summed E-state index contributed by atoms with van der Waals surface area (Å²) >= 11 is 0. The normalized spacial score (nSPS) is 15.1. The summed E-state index contributed by atoms with van der Waals surface area (Å²) < 4.78 is 4.55. The molecule has 0 aliphatic rings. The third kappa shape index (κ3) is 5.60. The van der Waals surface area contributed by atoms with Gasteiger partial charge >= 0.3 is 5.97 Å². The molecule has 0 radical (unpaired) electrons. The van der Waals surface area contributed by atoms with Crippen LogP contribution in [0.2, 0.25) is 0 Å². The summed E-state index contributed by atoms with van der Waals surface area (Å²) in [5.41, 5.74) is 0. The van der Waals surface area contributed by atoms with E-state index < -0.39 is 0 Å². The second kappa shape index (κ2) is 6.86. The van der Waals surface area contributed by atoms with Gasteiger partial charge in [-0.25, -0.2) is 0 Å². The average molecular weight is 189 g/mol. The van der Waals surface area contributed by atoms with Gasteiger partial charge in [-0.2, -0.15) is 0 Å². The number of aliphatic hydroxyl groups is 1. The van der Waals surface area contributed by atoms with Crippen molar-refractivity contribution in [3.8, 4) is 0 Å². The number of esters is 1. The van der Waals surface area contributed by atoms with Gasteiger partial charge in [0, 0.05) is 13.1 Å². The average Bonchev–Trinajstić information content (AvgIpc) is 2.15. The first-order chi connectivity index (χ1) is 6.11. The molecule has 0 heterocycles. The van der Waals surface area contributed by atoms with Crippen molar-refractivity contribution < 1.29 is 14.6 Å². The molecule has 0 aromatic rings. The maximum Gasteiger partial charge on any atom is 0.309 e. The number of methoxy groups -OCH3 is 1. The summed E-state index contributed by atoms with van der Waals surface area (Å²) in [6.45, 7) is 4.77. The van der Waals surface area contributed by atoms with Crippen molar-refractivity contribution in [2.45, 2.75) is 26.4 Å². The molecule has 0 saturated carbocycles. The second-order valence-electron chi connectivity index (χ2n) is 3.14. The lowest BCUT2D eigenvalue weighted by atomic mass is 10.2. The highest BCUT2D eigenvalue weighted by Crippen LogP contribution is 1.95. The Morgan fingerprint density at radius 2 is 2.15 bits per heavy atom. The maximum absolute atomic E-state index is 10.9. The number of rotatable bonds is 6. The summed E-state index contributed by atoms with van der Waals surface area (Å²) in [6, 6.07) is 0. The highest BCUT2D eigenvalue weighted by Gasteiger charge is 2.12. The fourth-order valence-corrected chi connectivity index (χ4v) is 0.895. The van der Waals surface area contributed by atoms with Gasteiger partial charge in [0.25, 0.3) is 0 Å². The lowest BCUT2D eigenvalue weighted by Crippen LogP contribution is -2.32. The number of aliphatic hydroxyl groups excluding tert-OH is 1. The van der Waals surface area contributed by atoms with Crippen LogP contribution >= 0.6 is 0 Å². The van der Waals surface area contributed by atoms with Crippen LogP contribution in [0.5, 0.6) is 0 Å². The van der Waals surface area contributed by atoms with E-state index in [1.165, 1.54) is 7.11 Å². The first-order valence-corrected chi connectivity index (χ1v) is 4.58. The van der Waals surface area contributed by atoms with Crippen LogP contribution in [0.1, 0.15) is 20.3 Å². The van der Waals surface area contributed by atoms with E-state index in [9.17, 15) is 9.90 Å². The maximum atomic E-state index is 10.9. The van der Waals surface area contributed by atoms with Crippen molar-refractivity contribution in [3.05, 3.63) is 0 Å². The smallest absolute Gasteiger partial charge is 0.309 e. The molecule has 0 aliphatic carbocycles. The molecule has 0 fully saturated rings. The van der Waals surface area contributed by atoms with E-state index in [1.54, 1.807) is 6.92 Å². The minimum Gasteiger partial charge on any atom is -0.469 e. The molecule has 0 amide bonds. The zero-order chi connectivity index (χ0) is 10.3. The lowest BCUT2D eigenvalue weighted by molar-refractivity contribution is -0.144.